The molecule has 0 saturated carbocycles. The van der Waals surface area contributed by atoms with Crippen LogP contribution in [-0.2, 0) is 14.4 Å². The van der Waals surface area contributed by atoms with Crippen molar-refractivity contribution < 1.29 is 19.5 Å². The van der Waals surface area contributed by atoms with Crippen molar-refractivity contribution >= 4 is 11.9 Å². The Morgan fingerprint density at radius 2 is 2.45 bits per heavy atom. The number of hydroxylamine groups is 1. The number of aliphatic carboxylic acids is 1. The number of carbonyl (C=O) groups is 1. The highest BCUT2D eigenvalue weighted by Crippen LogP contribution is 1.81. The standard InChI is InChI=1S/C6H7NO4/c1-2-3-11-7-5(4-8)6(9)10/h2,7H,1,3H2,(H,9,10). The van der Waals surface area contributed by atoms with Gasteiger partial charge in [-0.15, -0.1) is 6.58 Å². The summed E-state index contributed by atoms with van der Waals surface area (Å²) in [6, 6.07) is 0. The zero-order valence-electron chi connectivity index (χ0n) is 5.66. The Labute approximate surface area is 62.9 Å². The van der Waals surface area contributed by atoms with Gasteiger partial charge in [0.2, 0.25) is 5.70 Å². The summed E-state index contributed by atoms with van der Waals surface area (Å²) in [7, 11) is 0. The molecule has 0 unspecified atom stereocenters. The molecule has 0 bridgehead atoms. The first-order valence-corrected chi connectivity index (χ1v) is 2.69. The van der Waals surface area contributed by atoms with E-state index in [9.17, 15) is 9.59 Å². The molecule has 5 heteroatoms. The molecule has 0 spiro atoms. The summed E-state index contributed by atoms with van der Waals surface area (Å²) in [5, 5.41) is 8.20. The third-order valence-electron chi connectivity index (χ3n) is 0.691. The quantitative estimate of drug-likeness (QED) is 0.185. The summed E-state index contributed by atoms with van der Waals surface area (Å²) in [6.45, 7) is 3.42. The normalized spacial score (nSPS) is 8.00. The molecule has 0 fully saturated rings. The van der Waals surface area contributed by atoms with Crippen LogP contribution in [-0.4, -0.2) is 23.6 Å². The molecule has 0 aliphatic heterocycles. The fourth-order valence-corrected chi connectivity index (χ4v) is 0.281. The van der Waals surface area contributed by atoms with Crippen LogP contribution in [0.4, 0.5) is 0 Å². The van der Waals surface area contributed by atoms with Crippen molar-refractivity contribution in [1.82, 2.24) is 5.48 Å². The van der Waals surface area contributed by atoms with Gasteiger partial charge in [0.05, 0.1) is 6.61 Å². The summed E-state index contributed by atoms with van der Waals surface area (Å²) >= 11 is 0. The lowest BCUT2D eigenvalue weighted by atomic mass is 10.5. The van der Waals surface area contributed by atoms with Crippen molar-refractivity contribution in [2.45, 2.75) is 0 Å². The predicted octanol–water partition coefficient (Wildman–Crippen LogP) is -0.506. The maximum atomic E-state index is 10.1. The molecule has 11 heavy (non-hydrogen) atoms. The van der Waals surface area contributed by atoms with Gasteiger partial charge in [0.1, 0.15) is 0 Å². The minimum absolute atomic E-state index is 0.110. The molecule has 2 N–H and O–H groups in total. The van der Waals surface area contributed by atoms with Gasteiger partial charge in [-0.25, -0.2) is 15.1 Å². The van der Waals surface area contributed by atoms with E-state index in [1.54, 1.807) is 0 Å². The average molecular weight is 157 g/mol. The van der Waals surface area contributed by atoms with Crippen LogP contribution in [0.1, 0.15) is 0 Å². The smallest absolute Gasteiger partial charge is 0.365 e. The van der Waals surface area contributed by atoms with Crippen LogP contribution in [0.15, 0.2) is 18.4 Å². The van der Waals surface area contributed by atoms with Gasteiger partial charge in [0, 0.05) is 0 Å². The largest absolute Gasteiger partial charge is 0.476 e. The lowest BCUT2D eigenvalue weighted by molar-refractivity contribution is -0.134. The highest BCUT2D eigenvalue weighted by molar-refractivity contribution is 5.94. The van der Waals surface area contributed by atoms with Crippen LogP contribution in [0.3, 0.4) is 0 Å². The van der Waals surface area contributed by atoms with Crippen LogP contribution in [0.25, 0.3) is 0 Å². The van der Waals surface area contributed by atoms with Crippen molar-refractivity contribution in [2.75, 3.05) is 6.61 Å². The van der Waals surface area contributed by atoms with Crippen LogP contribution >= 0.6 is 0 Å². The number of carboxylic acids is 1. The number of hydrogen-bond donors (Lipinski definition) is 2. The molecule has 0 aromatic carbocycles. The topological polar surface area (TPSA) is 75.6 Å². The summed E-state index contributed by atoms with van der Waals surface area (Å²) < 4.78 is 0. The lowest BCUT2D eigenvalue weighted by Crippen LogP contribution is -2.21. The van der Waals surface area contributed by atoms with Gasteiger partial charge in [0.25, 0.3) is 0 Å². The molecule has 0 rings (SSSR count). The number of rotatable bonds is 5. The fourth-order valence-electron chi connectivity index (χ4n) is 0.281. The van der Waals surface area contributed by atoms with Crippen molar-refractivity contribution in [3.63, 3.8) is 0 Å². The Hall–Kier alpha value is -1.58. The maximum Gasteiger partial charge on any atom is 0.365 e. The van der Waals surface area contributed by atoms with Gasteiger partial charge in [-0.3, -0.25) is 4.84 Å². The second-order valence-corrected chi connectivity index (χ2v) is 1.48. The molecule has 0 saturated heterocycles. The zero-order chi connectivity index (χ0) is 8.69. The molecule has 0 heterocycles. The van der Waals surface area contributed by atoms with Crippen molar-refractivity contribution in [3.8, 4) is 0 Å². The van der Waals surface area contributed by atoms with Gasteiger partial charge in [-0.05, 0) is 0 Å². The lowest BCUT2D eigenvalue weighted by Gasteiger charge is -2.00. The van der Waals surface area contributed by atoms with Gasteiger partial charge in [-0.2, -0.15) is 0 Å². The summed E-state index contributed by atoms with van der Waals surface area (Å²) in [4.78, 5) is 24.3. The molecular formula is C6H7NO4. The number of hydrogen-bond acceptors (Lipinski definition) is 4. The molecule has 0 aromatic rings. The van der Waals surface area contributed by atoms with E-state index in [2.05, 4.69) is 11.4 Å². The SMILES string of the molecule is C=CCONC(=C=O)C(=O)O. The second-order valence-electron chi connectivity index (χ2n) is 1.48. The van der Waals surface area contributed by atoms with Crippen LogP contribution < -0.4 is 5.48 Å². The van der Waals surface area contributed by atoms with E-state index in [1.807, 2.05) is 5.48 Å². The first-order chi connectivity index (χ1) is 5.22. The highest BCUT2D eigenvalue weighted by Gasteiger charge is 2.06. The average Bonchev–Trinajstić information content (AvgIpc) is 1.97. The second kappa shape index (κ2) is 5.22. The van der Waals surface area contributed by atoms with E-state index in [4.69, 9.17) is 5.11 Å². The van der Waals surface area contributed by atoms with Crippen molar-refractivity contribution in [1.29, 1.82) is 0 Å². The maximum absolute atomic E-state index is 10.1. The van der Waals surface area contributed by atoms with E-state index in [0.717, 1.165) is 5.94 Å². The van der Waals surface area contributed by atoms with Gasteiger partial charge in [0.15, 0.2) is 5.94 Å². The first-order valence-electron chi connectivity index (χ1n) is 2.69. The van der Waals surface area contributed by atoms with E-state index < -0.39 is 11.7 Å². The molecule has 5 nitrogen and oxygen atoms in total. The summed E-state index contributed by atoms with van der Waals surface area (Å²) in [5.74, 6) is -0.256. The number of carbonyl (C=O) groups excluding carboxylic acids is 1. The number of nitrogens with one attached hydrogen (secondary N) is 1. The van der Waals surface area contributed by atoms with E-state index >= 15 is 0 Å². The minimum Gasteiger partial charge on any atom is -0.476 e. The van der Waals surface area contributed by atoms with Crippen molar-refractivity contribution in [3.05, 3.63) is 18.4 Å². The van der Waals surface area contributed by atoms with Crippen LogP contribution in [0, 0.1) is 0 Å². The van der Waals surface area contributed by atoms with E-state index in [0.29, 0.717) is 0 Å². The molecule has 0 aliphatic rings. The molecule has 0 amide bonds. The Balaban J connectivity index is 3.82. The van der Waals surface area contributed by atoms with Crippen LogP contribution in [0.2, 0.25) is 0 Å². The van der Waals surface area contributed by atoms with E-state index in [-0.39, 0.29) is 6.61 Å². The van der Waals surface area contributed by atoms with Gasteiger partial charge in [-0.1, -0.05) is 6.08 Å². The fraction of sp³-hybridized carbons (Fsp3) is 0.167. The Bertz CT molecular complexity index is 205. The Morgan fingerprint density at radius 1 is 1.82 bits per heavy atom. The predicted molar refractivity (Wildman–Crippen MR) is 36.1 cm³/mol. The third-order valence-corrected chi connectivity index (χ3v) is 0.691. The number of carboxylic acid groups (broad SMARTS) is 1. The highest BCUT2D eigenvalue weighted by atomic mass is 16.6. The molecule has 60 valence electrons. The molecule has 0 radical (unpaired) electrons. The van der Waals surface area contributed by atoms with Crippen LogP contribution in [0.5, 0.6) is 0 Å². The Kier molecular flexibility index (Phi) is 4.47. The van der Waals surface area contributed by atoms with E-state index in [1.165, 1.54) is 6.08 Å². The van der Waals surface area contributed by atoms with Gasteiger partial charge < -0.3 is 5.11 Å². The molecular weight excluding hydrogens is 150 g/mol. The van der Waals surface area contributed by atoms with Crippen molar-refractivity contribution in [2.24, 2.45) is 0 Å². The van der Waals surface area contributed by atoms with Gasteiger partial charge >= 0.3 is 5.97 Å². The molecule has 0 atom stereocenters. The Morgan fingerprint density at radius 3 is 2.82 bits per heavy atom. The first kappa shape index (κ1) is 9.42. The molecule has 0 aliphatic carbocycles. The minimum atomic E-state index is -1.41. The molecule has 0 aromatic heterocycles. The monoisotopic (exact) mass is 157 g/mol. The zero-order valence-corrected chi connectivity index (χ0v) is 5.66. The summed E-state index contributed by atoms with van der Waals surface area (Å²) in [6.07, 6.45) is 1.40. The third kappa shape index (κ3) is 3.91. The summed E-state index contributed by atoms with van der Waals surface area (Å²) in [5.41, 5.74) is 1.23.